The molecule has 0 aromatic rings. The maximum atomic E-state index is 2.54. The highest BCUT2D eigenvalue weighted by molar-refractivity contribution is 4.93. The van der Waals surface area contributed by atoms with Crippen molar-refractivity contribution in [1.82, 2.24) is 19.6 Å². The van der Waals surface area contributed by atoms with Gasteiger partial charge in [0.1, 0.15) is 0 Å². The predicted molar refractivity (Wildman–Crippen MR) is 67.8 cm³/mol. The van der Waals surface area contributed by atoms with Crippen molar-refractivity contribution in [1.29, 1.82) is 0 Å². The summed E-state index contributed by atoms with van der Waals surface area (Å²) in [6, 6.07) is 1.37. The van der Waals surface area contributed by atoms with E-state index in [1.807, 2.05) is 0 Å². The van der Waals surface area contributed by atoms with Crippen molar-refractivity contribution in [3.8, 4) is 0 Å². The van der Waals surface area contributed by atoms with Crippen LogP contribution in [0.15, 0.2) is 0 Å². The Morgan fingerprint density at radius 3 is 1.38 bits per heavy atom. The molecule has 4 heteroatoms. The van der Waals surface area contributed by atoms with E-state index in [1.165, 1.54) is 39.3 Å². The van der Waals surface area contributed by atoms with E-state index in [0.717, 1.165) is 0 Å². The van der Waals surface area contributed by atoms with Crippen LogP contribution in [0, 0.1) is 0 Å². The summed E-state index contributed by atoms with van der Waals surface area (Å²) < 4.78 is 0. The van der Waals surface area contributed by atoms with Crippen LogP contribution in [0.2, 0.25) is 0 Å². The van der Waals surface area contributed by atoms with E-state index in [-0.39, 0.29) is 0 Å². The van der Waals surface area contributed by atoms with E-state index >= 15 is 0 Å². The number of hydrogen-bond acceptors (Lipinski definition) is 4. The minimum absolute atomic E-state index is 0.687. The summed E-state index contributed by atoms with van der Waals surface area (Å²) in [5.74, 6) is 0. The molecule has 2 fully saturated rings. The van der Waals surface area contributed by atoms with Gasteiger partial charge in [0, 0.05) is 51.4 Å². The zero-order valence-electron chi connectivity index (χ0n) is 11.2. The van der Waals surface area contributed by atoms with Gasteiger partial charge in [0.15, 0.2) is 0 Å². The van der Waals surface area contributed by atoms with Crippen molar-refractivity contribution < 1.29 is 0 Å². The molecule has 0 radical (unpaired) electrons. The first kappa shape index (κ1) is 12.3. The number of nitrogens with zero attached hydrogens (tertiary/aromatic N) is 4. The molecular formula is C12H26N4. The molecule has 4 nitrogen and oxygen atoms in total. The van der Waals surface area contributed by atoms with Gasteiger partial charge in [-0.15, -0.1) is 0 Å². The smallest absolute Gasteiger partial charge is 0.0388 e. The fourth-order valence-corrected chi connectivity index (χ4v) is 2.92. The largest absolute Gasteiger partial charge is 0.303 e. The van der Waals surface area contributed by atoms with Crippen LogP contribution in [-0.2, 0) is 0 Å². The van der Waals surface area contributed by atoms with Gasteiger partial charge in [0.25, 0.3) is 0 Å². The van der Waals surface area contributed by atoms with Gasteiger partial charge in [0.05, 0.1) is 0 Å². The molecule has 0 bridgehead atoms. The molecule has 2 aliphatic heterocycles. The van der Waals surface area contributed by atoms with Crippen LogP contribution in [0.1, 0.15) is 0 Å². The quantitative estimate of drug-likeness (QED) is 0.596. The average molecular weight is 226 g/mol. The van der Waals surface area contributed by atoms with Gasteiger partial charge in [-0.3, -0.25) is 9.80 Å². The molecule has 16 heavy (non-hydrogen) atoms. The lowest BCUT2D eigenvalue weighted by Crippen LogP contribution is -2.64. The number of likely N-dealkylation sites (N-methyl/N-ethyl adjacent to an activating group) is 4. The monoisotopic (exact) mass is 226 g/mol. The number of piperazine rings is 2. The first-order valence-electron chi connectivity index (χ1n) is 6.35. The summed E-state index contributed by atoms with van der Waals surface area (Å²) >= 11 is 0. The van der Waals surface area contributed by atoms with E-state index in [4.69, 9.17) is 0 Å². The van der Waals surface area contributed by atoms with Crippen molar-refractivity contribution in [3.05, 3.63) is 0 Å². The summed E-state index contributed by atoms with van der Waals surface area (Å²) in [7, 11) is 9.04. The Balaban J connectivity index is 2.02. The maximum Gasteiger partial charge on any atom is 0.0388 e. The van der Waals surface area contributed by atoms with Gasteiger partial charge in [-0.05, 0) is 28.2 Å². The van der Waals surface area contributed by atoms with E-state index in [0.29, 0.717) is 12.1 Å². The van der Waals surface area contributed by atoms with Crippen molar-refractivity contribution in [2.75, 3.05) is 67.5 Å². The first-order valence-corrected chi connectivity index (χ1v) is 6.35. The molecule has 2 aliphatic rings. The molecule has 2 saturated heterocycles. The molecule has 0 aromatic carbocycles. The highest BCUT2D eigenvalue weighted by Crippen LogP contribution is 2.17. The Morgan fingerprint density at radius 1 is 0.625 bits per heavy atom. The second-order valence-corrected chi connectivity index (χ2v) is 5.62. The van der Waals surface area contributed by atoms with Gasteiger partial charge in [-0.25, -0.2) is 0 Å². The third-order valence-electron chi connectivity index (χ3n) is 4.24. The third-order valence-corrected chi connectivity index (χ3v) is 4.24. The molecular weight excluding hydrogens is 200 g/mol. The molecule has 0 aromatic heterocycles. The lowest BCUT2D eigenvalue weighted by atomic mass is 10.0. The second-order valence-electron chi connectivity index (χ2n) is 5.62. The SMILES string of the molecule is CN1CCN(C)C(C2CN(C)CCN2C)C1. The molecule has 0 saturated carbocycles. The molecule has 2 rings (SSSR count). The Hall–Kier alpha value is -0.160. The molecule has 0 N–H and O–H groups in total. The fraction of sp³-hybridized carbons (Fsp3) is 1.00. The predicted octanol–water partition coefficient (Wildman–Crippen LogP) is -0.522. The van der Waals surface area contributed by atoms with Gasteiger partial charge in [0.2, 0.25) is 0 Å². The molecule has 0 aliphatic carbocycles. The van der Waals surface area contributed by atoms with Crippen molar-refractivity contribution in [2.24, 2.45) is 0 Å². The Kier molecular flexibility index (Phi) is 3.85. The van der Waals surface area contributed by atoms with Crippen LogP contribution in [0.3, 0.4) is 0 Å². The summed E-state index contributed by atoms with van der Waals surface area (Å²) in [5, 5.41) is 0. The van der Waals surface area contributed by atoms with Gasteiger partial charge >= 0.3 is 0 Å². The Bertz CT molecular complexity index is 209. The number of rotatable bonds is 1. The third kappa shape index (κ3) is 2.56. The topological polar surface area (TPSA) is 13.0 Å². The summed E-state index contributed by atoms with van der Waals surface area (Å²) in [5.41, 5.74) is 0. The van der Waals surface area contributed by atoms with Crippen LogP contribution in [-0.4, -0.2) is 99.1 Å². The van der Waals surface area contributed by atoms with Crippen LogP contribution in [0.25, 0.3) is 0 Å². The van der Waals surface area contributed by atoms with E-state index in [1.54, 1.807) is 0 Å². The molecule has 2 unspecified atom stereocenters. The van der Waals surface area contributed by atoms with E-state index in [2.05, 4.69) is 47.8 Å². The lowest BCUT2D eigenvalue weighted by molar-refractivity contribution is 0.0115. The standard InChI is InChI=1S/C12H26N4/c1-13-5-7-15(3)11(9-13)12-10-14(2)6-8-16(12)4/h11-12H,5-10H2,1-4H3. The minimum Gasteiger partial charge on any atom is -0.303 e. The summed E-state index contributed by atoms with van der Waals surface area (Å²) in [6.07, 6.45) is 0. The van der Waals surface area contributed by atoms with Gasteiger partial charge in [-0.1, -0.05) is 0 Å². The van der Waals surface area contributed by atoms with Crippen LogP contribution < -0.4 is 0 Å². The van der Waals surface area contributed by atoms with E-state index in [9.17, 15) is 0 Å². The first-order chi connectivity index (χ1) is 7.58. The van der Waals surface area contributed by atoms with Gasteiger partial charge < -0.3 is 9.80 Å². The van der Waals surface area contributed by atoms with E-state index < -0.39 is 0 Å². The normalized spacial score (nSPS) is 36.8. The zero-order chi connectivity index (χ0) is 11.7. The van der Waals surface area contributed by atoms with Crippen molar-refractivity contribution >= 4 is 0 Å². The van der Waals surface area contributed by atoms with Crippen LogP contribution in [0.5, 0.6) is 0 Å². The molecule has 94 valence electrons. The maximum absolute atomic E-state index is 2.54. The van der Waals surface area contributed by atoms with Crippen LogP contribution >= 0.6 is 0 Å². The summed E-state index contributed by atoms with van der Waals surface area (Å²) in [4.78, 5) is 10.0. The lowest BCUT2D eigenvalue weighted by Gasteiger charge is -2.48. The van der Waals surface area contributed by atoms with Gasteiger partial charge in [-0.2, -0.15) is 0 Å². The summed E-state index contributed by atoms with van der Waals surface area (Å²) in [6.45, 7) is 7.24. The highest BCUT2D eigenvalue weighted by Gasteiger charge is 2.34. The number of hydrogen-bond donors (Lipinski definition) is 0. The molecule has 2 heterocycles. The Labute approximate surface area is 99.8 Å². The highest BCUT2D eigenvalue weighted by atomic mass is 15.3. The Morgan fingerprint density at radius 2 is 1.00 bits per heavy atom. The average Bonchev–Trinajstić information content (AvgIpc) is 2.25. The molecule has 0 amide bonds. The molecule has 2 atom stereocenters. The van der Waals surface area contributed by atoms with Crippen molar-refractivity contribution in [2.45, 2.75) is 12.1 Å². The molecule has 0 spiro atoms. The fourth-order valence-electron chi connectivity index (χ4n) is 2.92. The minimum atomic E-state index is 0.687. The van der Waals surface area contributed by atoms with Crippen molar-refractivity contribution in [3.63, 3.8) is 0 Å². The van der Waals surface area contributed by atoms with Crippen LogP contribution in [0.4, 0.5) is 0 Å². The second kappa shape index (κ2) is 5.00. The zero-order valence-corrected chi connectivity index (χ0v) is 11.2.